The van der Waals surface area contributed by atoms with Crippen molar-refractivity contribution in [2.75, 3.05) is 0 Å². The van der Waals surface area contributed by atoms with Gasteiger partial charge in [-0.25, -0.2) is 0 Å². The number of hydrogen-bond donors (Lipinski definition) is 1. The Morgan fingerprint density at radius 2 is 2.05 bits per heavy atom. The molecule has 0 bridgehead atoms. The monoisotopic (exact) mass is 261 g/mol. The van der Waals surface area contributed by atoms with Gasteiger partial charge in [-0.05, 0) is 24.5 Å². The average Bonchev–Trinajstić information content (AvgIpc) is 2.34. The maximum absolute atomic E-state index is 12.0. The normalized spacial score (nSPS) is 11.7. The predicted molar refractivity (Wildman–Crippen MR) is 69.5 cm³/mol. The number of amides is 1. The van der Waals surface area contributed by atoms with Crippen molar-refractivity contribution in [3.05, 3.63) is 39.4 Å². The second-order valence-electron chi connectivity index (χ2n) is 4.64. The van der Waals surface area contributed by atoms with Crippen LogP contribution in [-0.4, -0.2) is 16.9 Å². The van der Waals surface area contributed by atoms with E-state index in [4.69, 9.17) is 5.26 Å². The van der Waals surface area contributed by atoms with E-state index < -0.39 is 16.9 Å². The standard InChI is InChI=1S/C13H15N3O3/c1-8(2)12(7-14)15-13(17)10-4-9(3)5-11(6-10)16(18)19/h4-6,8,12H,1-3H3,(H,15,17). The quantitative estimate of drug-likeness (QED) is 0.663. The Bertz CT molecular complexity index is 547. The third kappa shape index (κ3) is 3.78. The topological polar surface area (TPSA) is 96.0 Å². The Kier molecular flexibility index (Phi) is 4.59. The number of non-ortho nitro benzene ring substituents is 1. The van der Waals surface area contributed by atoms with E-state index in [0.717, 1.165) is 0 Å². The van der Waals surface area contributed by atoms with Gasteiger partial charge in [0.1, 0.15) is 6.04 Å². The van der Waals surface area contributed by atoms with E-state index in [0.29, 0.717) is 5.56 Å². The average molecular weight is 261 g/mol. The van der Waals surface area contributed by atoms with Crippen LogP contribution in [0.2, 0.25) is 0 Å². The largest absolute Gasteiger partial charge is 0.336 e. The van der Waals surface area contributed by atoms with Crippen molar-refractivity contribution in [1.82, 2.24) is 5.32 Å². The number of nitrogens with one attached hydrogen (secondary N) is 1. The zero-order valence-corrected chi connectivity index (χ0v) is 11.0. The van der Waals surface area contributed by atoms with Crippen molar-refractivity contribution in [3.63, 3.8) is 0 Å². The summed E-state index contributed by atoms with van der Waals surface area (Å²) in [6, 6.07) is 5.52. The fraction of sp³-hybridized carbons (Fsp3) is 0.385. The van der Waals surface area contributed by atoms with E-state index in [1.807, 2.05) is 19.9 Å². The Labute approximate surface area is 111 Å². The van der Waals surface area contributed by atoms with Gasteiger partial charge in [-0.15, -0.1) is 0 Å². The molecule has 1 aromatic rings. The summed E-state index contributed by atoms with van der Waals surface area (Å²) in [6.07, 6.45) is 0. The Morgan fingerprint density at radius 1 is 1.42 bits per heavy atom. The molecule has 100 valence electrons. The number of nitrogens with zero attached hydrogens (tertiary/aromatic N) is 2. The van der Waals surface area contributed by atoms with Crippen molar-refractivity contribution in [2.45, 2.75) is 26.8 Å². The van der Waals surface area contributed by atoms with Gasteiger partial charge in [0.05, 0.1) is 11.0 Å². The van der Waals surface area contributed by atoms with Crippen molar-refractivity contribution in [2.24, 2.45) is 5.92 Å². The first-order valence-corrected chi connectivity index (χ1v) is 5.81. The van der Waals surface area contributed by atoms with E-state index in [-0.39, 0.29) is 17.2 Å². The molecule has 1 rings (SSSR count). The summed E-state index contributed by atoms with van der Waals surface area (Å²) >= 11 is 0. The molecule has 19 heavy (non-hydrogen) atoms. The number of aryl methyl sites for hydroxylation is 1. The molecule has 0 aliphatic heterocycles. The predicted octanol–water partition coefficient (Wildman–Crippen LogP) is 2.18. The zero-order chi connectivity index (χ0) is 14.6. The molecule has 0 aliphatic rings. The van der Waals surface area contributed by atoms with E-state index in [9.17, 15) is 14.9 Å². The Balaban J connectivity index is 3.00. The molecule has 0 radical (unpaired) electrons. The van der Waals surface area contributed by atoms with Gasteiger partial charge in [-0.1, -0.05) is 13.8 Å². The van der Waals surface area contributed by atoms with Crippen LogP contribution in [0.5, 0.6) is 0 Å². The summed E-state index contributed by atoms with van der Waals surface area (Å²) in [5, 5.41) is 22.2. The molecule has 0 aromatic heterocycles. The van der Waals surface area contributed by atoms with Crippen molar-refractivity contribution in [1.29, 1.82) is 5.26 Å². The molecule has 1 N–H and O–H groups in total. The van der Waals surface area contributed by atoms with Crippen LogP contribution >= 0.6 is 0 Å². The van der Waals surface area contributed by atoms with Gasteiger partial charge in [0, 0.05) is 17.7 Å². The van der Waals surface area contributed by atoms with Crippen LogP contribution in [0.3, 0.4) is 0 Å². The summed E-state index contributed by atoms with van der Waals surface area (Å²) in [5.74, 6) is -0.513. The number of nitro benzene ring substituents is 1. The molecule has 1 aromatic carbocycles. The Hall–Kier alpha value is -2.42. The third-order valence-electron chi connectivity index (χ3n) is 2.63. The van der Waals surface area contributed by atoms with E-state index >= 15 is 0 Å². The molecule has 0 saturated heterocycles. The van der Waals surface area contributed by atoms with Gasteiger partial charge in [-0.3, -0.25) is 14.9 Å². The molecule has 6 heteroatoms. The van der Waals surface area contributed by atoms with E-state index in [1.165, 1.54) is 12.1 Å². The maximum atomic E-state index is 12.0. The molecule has 0 heterocycles. The fourth-order valence-corrected chi connectivity index (χ4v) is 1.57. The van der Waals surface area contributed by atoms with Gasteiger partial charge in [0.15, 0.2) is 0 Å². The van der Waals surface area contributed by atoms with Crippen LogP contribution in [-0.2, 0) is 0 Å². The van der Waals surface area contributed by atoms with Crippen LogP contribution < -0.4 is 5.32 Å². The first-order chi connectivity index (χ1) is 8.85. The summed E-state index contributed by atoms with van der Waals surface area (Å²) in [5.41, 5.74) is 0.674. The smallest absolute Gasteiger partial charge is 0.270 e. The highest BCUT2D eigenvalue weighted by molar-refractivity contribution is 5.95. The number of carbonyl (C=O) groups excluding carboxylic acids is 1. The number of rotatable bonds is 4. The lowest BCUT2D eigenvalue weighted by Gasteiger charge is -2.14. The SMILES string of the molecule is Cc1cc(C(=O)NC(C#N)C(C)C)cc([N+](=O)[O-])c1. The second kappa shape index (κ2) is 5.96. The van der Waals surface area contributed by atoms with Gasteiger partial charge in [0.2, 0.25) is 0 Å². The molecule has 0 fully saturated rings. The number of hydrogen-bond acceptors (Lipinski definition) is 4. The number of benzene rings is 1. The number of nitro groups is 1. The summed E-state index contributed by atoms with van der Waals surface area (Å²) in [6.45, 7) is 5.30. The van der Waals surface area contributed by atoms with Crippen molar-refractivity contribution < 1.29 is 9.72 Å². The zero-order valence-electron chi connectivity index (χ0n) is 11.0. The number of nitriles is 1. The lowest BCUT2D eigenvalue weighted by molar-refractivity contribution is -0.384. The minimum atomic E-state index is -0.618. The summed E-state index contributed by atoms with van der Waals surface area (Å²) in [4.78, 5) is 22.1. The molecule has 1 unspecified atom stereocenters. The first-order valence-electron chi connectivity index (χ1n) is 5.81. The van der Waals surface area contributed by atoms with Gasteiger partial charge < -0.3 is 5.32 Å². The van der Waals surface area contributed by atoms with Gasteiger partial charge >= 0.3 is 0 Å². The summed E-state index contributed by atoms with van der Waals surface area (Å²) < 4.78 is 0. The van der Waals surface area contributed by atoms with Gasteiger partial charge in [-0.2, -0.15) is 5.26 Å². The van der Waals surface area contributed by atoms with E-state index in [1.54, 1.807) is 13.0 Å². The van der Waals surface area contributed by atoms with E-state index in [2.05, 4.69) is 5.32 Å². The number of carbonyl (C=O) groups is 1. The molecule has 0 aliphatic carbocycles. The molecule has 0 spiro atoms. The van der Waals surface area contributed by atoms with Crippen LogP contribution in [0.15, 0.2) is 18.2 Å². The minimum Gasteiger partial charge on any atom is -0.336 e. The van der Waals surface area contributed by atoms with Crippen LogP contribution in [0.4, 0.5) is 5.69 Å². The van der Waals surface area contributed by atoms with Crippen molar-refractivity contribution >= 4 is 11.6 Å². The third-order valence-corrected chi connectivity index (χ3v) is 2.63. The highest BCUT2D eigenvalue weighted by Crippen LogP contribution is 2.17. The molecular formula is C13H15N3O3. The van der Waals surface area contributed by atoms with Crippen LogP contribution in [0.1, 0.15) is 29.8 Å². The Morgan fingerprint density at radius 3 is 2.53 bits per heavy atom. The van der Waals surface area contributed by atoms with Gasteiger partial charge in [0.25, 0.3) is 11.6 Å². The maximum Gasteiger partial charge on any atom is 0.270 e. The molecule has 0 saturated carbocycles. The minimum absolute atomic E-state index is 0.0336. The first kappa shape index (κ1) is 14.6. The highest BCUT2D eigenvalue weighted by Gasteiger charge is 2.18. The lowest BCUT2D eigenvalue weighted by atomic mass is 10.0. The van der Waals surface area contributed by atoms with Crippen molar-refractivity contribution in [3.8, 4) is 6.07 Å². The van der Waals surface area contributed by atoms with Crippen LogP contribution in [0.25, 0.3) is 0 Å². The molecule has 1 atom stereocenters. The molecular weight excluding hydrogens is 246 g/mol. The lowest BCUT2D eigenvalue weighted by Crippen LogP contribution is -2.37. The molecule has 1 amide bonds. The molecule has 6 nitrogen and oxygen atoms in total. The highest BCUT2D eigenvalue weighted by atomic mass is 16.6. The second-order valence-corrected chi connectivity index (χ2v) is 4.64. The van der Waals surface area contributed by atoms with Crippen LogP contribution in [0, 0.1) is 34.3 Å². The fourth-order valence-electron chi connectivity index (χ4n) is 1.57. The summed E-state index contributed by atoms with van der Waals surface area (Å²) in [7, 11) is 0.